The van der Waals surface area contributed by atoms with Gasteiger partial charge < -0.3 is 10.6 Å². The van der Waals surface area contributed by atoms with Crippen LogP contribution in [0.15, 0.2) is 78.9 Å². The SMILES string of the molecule is C[C@H](Nc1cccc(-c2nc3ccccc3s2)c1)C(=O)Nc1ccccc1. The number of hydrogen-bond acceptors (Lipinski definition) is 4. The van der Waals surface area contributed by atoms with Crippen molar-refractivity contribution in [2.45, 2.75) is 13.0 Å². The minimum atomic E-state index is -0.365. The van der Waals surface area contributed by atoms with Gasteiger partial charge in [-0.05, 0) is 43.3 Å². The van der Waals surface area contributed by atoms with E-state index in [4.69, 9.17) is 4.98 Å². The van der Waals surface area contributed by atoms with Crippen LogP contribution in [0.2, 0.25) is 0 Å². The second kappa shape index (κ2) is 7.60. The van der Waals surface area contributed by atoms with Gasteiger partial charge in [0.25, 0.3) is 0 Å². The molecule has 0 fully saturated rings. The molecule has 0 aliphatic heterocycles. The Hall–Kier alpha value is -3.18. The molecule has 4 rings (SSSR count). The zero-order chi connectivity index (χ0) is 18.6. The average molecular weight is 373 g/mol. The van der Waals surface area contributed by atoms with Gasteiger partial charge >= 0.3 is 0 Å². The third-order valence-corrected chi connectivity index (χ3v) is 5.31. The number of nitrogens with zero attached hydrogens (tertiary/aromatic N) is 1. The van der Waals surface area contributed by atoms with E-state index < -0.39 is 0 Å². The van der Waals surface area contributed by atoms with Crippen LogP contribution in [0.1, 0.15) is 6.92 Å². The van der Waals surface area contributed by atoms with Gasteiger partial charge in [0.05, 0.1) is 10.2 Å². The Labute approximate surface area is 161 Å². The average Bonchev–Trinajstić information content (AvgIpc) is 3.13. The number of carbonyl (C=O) groups is 1. The van der Waals surface area contributed by atoms with E-state index >= 15 is 0 Å². The van der Waals surface area contributed by atoms with E-state index in [0.717, 1.165) is 27.5 Å². The molecule has 0 spiro atoms. The van der Waals surface area contributed by atoms with Gasteiger partial charge in [-0.3, -0.25) is 4.79 Å². The highest BCUT2D eigenvalue weighted by molar-refractivity contribution is 7.21. The molecule has 2 N–H and O–H groups in total. The molecular weight excluding hydrogens is 354 g/mol. The van der Waals surface area contributed by atoms with Crippen molar-refractivity contribution in [3.8, 4) is 10.6 Å². The van der Waals surface area contributed by atoms with Crippen molar-refractivity contribution in [2.24, 2.45) is 0 Å². The molecule has 1 aromatic heterocycles. The summed E-state index contributed by atoms with van der Waals surface area (Å²) in [5.41, 5.74) is 3.73. The molecule has 1 heterocycles. The molecule has 0 saturated carbocycles. The largest absolute Gasteiger partial charge is 0.374 e. The summed E-state index contributed by atoms with van der Waals surface area (Å²) in [5.74, 6) is -0.0772. The highest BCUT2D eigenvalue weighted by Crippen LogP contribution is 2.31. The van der Waals surface area contributed by atoms with E-state index in [0.29, 0.717) is 0 Å². The predicted octanol–water partition coefficient (Wildman–Crippen LogP) is 5.40. The lowest BCUT2D eigenvalue weighted by Crippen LogP contribution is -2.31. The van der Waals surface area contributed by atoms with Crippen molar-refractivity contribution in [2.75, 3.05) is 10.6 Å². The quantitative estimate of drug-likeness (QED) is 0.492. The van der Waals surface area contributed by atoms with Gasteiger partial charge in [0, 0.05) is 16.9 Å². The van der Waals surface area contributed by atoms with Gasteiger partial charge in [0.1, 0.15) is 11.0 Å². The molecule has 1 amide bonds. The number of fused-ring (bicyclic) bond motifs is 1. The summed E-state index contributed by atoms with van der Waals surface area (Å²) < 4.78 is 1.17. The molecule has 0 aliphatic rings. The summed E-state index contributed by atoms with van der Waals surface area (Å²) in [7, 11) is 0. The number of para-hydroxylation sites is 2. The molecule has 0 bridgehead atoms. The number of benzene rings is 3. The second-order valence-electron chi connectivity index (χ2n) is 6.29. The Balaban J connectivity index is 1.49. The smallest absolute Gasteiger partial charge is 0.246 e. The molecule has 1 atom stereocenters. The van der Waals surface area contributed by atoms with E-state index in [9.17, 15) is 4.79 Å². The van der Waals surface area contributed by atoms with Gasteiger partial charge in [0.2, 0.25) is 5.91 Å². The monoisotopic (exact) mass is 373 g/mol. The number of aromatic nitrogens is 1. The Morgan fingerprint density at radius 1 is 0.926 bits per heavy atom. The van der Waals surface area contributed by atoms with Crippen molar-refractivity contribution in [1.29, 1.82) is 0 Å². The van der Waals surface area contributed by atoms with Crippen LogP contribution < -0.4 is 10.6 Å². The zero-order valence-corrected chi connectivity index (χ0v) is 15.7. The summed E-state index contributed by atoms with van der Waals surface area (Å²) in [6.07, 6.45) is 0. The second-order valence-corrected chi connectivity index (χ2v) is 7.32. The summed E-state index contributed by atoms with van der Waals surface area (Å²) >= 11 is 1.67. The standard InChI is InChI=1S/C22H19N3OS/c1-15(21(26)24-17-9-3-2-4-10-17)23-18-11-7-8-16(14-18)22-25-19-12-5-6-13-20(19)27-22/h2-15,23H,1H3,(H,24,26)/t15-/m0/s1. The van der Waals surface area contributed by atoms with E-state index in [2.05, 4.69) is 16.7 Å². The summed E-state index contributed by atoms with van der Waals surface area (Å²) in [6, 6.07) is 25.2. The van der Waals surface area contributed by atoms with Crippen molar-refractivity contribution in [1.82, 2.24) is 4.98 Å². The molecule has 0 radical (unpaired) electrons. The summed E-state index contributed by atoms with van der Waals surface area (Å²) in [4.78, 5) is 17.1. The Morgan fingerprint density at radius 2 is 1.67 bits per heavy atom. The first-order valence-electron chi connectivity index (χ1n) is 8.77. The van der Waals surface area contributed by atoms with Crippen LogP contribution >= 0.6 is 11.3 Å². The number of anilines is 2. The first-order chi connectivity index (χ1) is 13.2. The van der Waals surface area contributed by atoms with E-state index in [1.165, 1.54) is 4.70 Å². The first-order valence-corrected chi connectivity index (χ1v) is 9.59. The molecule has 4 nitrogen and oxygen atoms in total. The molecule has 27 heavy (non-hydrogen) atoms. The molecule has 0 unspecified atom stereocenters. The van der Waals surface area contributed by atoms with Crippen molar-refractivity contribution < 1.29 is 4.79 Å². The number of thiazole rings is 1. The van der Waals surface area contributed by atoms with Crippen molar-refractivity contribution in [3.63, 3.8) is 0 Å². The normalized spacial score (nSPS) is 11.9. The van der Waals surface area contributed by atoms with Crippen LogP contribution in [-0.4, -0.2) is 16.9 Å². The van der Waals surface area contributed by atoms with Crippen LogP contribution in [0, 0.1) is 0 Å². The van der Waals surface area contributed by atoms with Gasteiger partial charge in [-0.2, -0.15) is 0 Å². The highest BCUT2D eigenvalue weighted by Gasteiger charge is 2.13. The van der Waals surface area contributed by atoms with E-state index in [-0.39, 0.29) is 11.9 Å². The lowest BCUT2D eigenvalue weighted by molar-refractivity contribution is -0.116. The number of amides is 1. The highest BCUT2D eigenvalue weighted by atomic mass is 32.1. The van der Waals surface area contributed by atoms with Crippen LogP contribution in [-0.2, 0) is 4.79 Å². The number of hydrogen-bond donors (Lipinski definition) is 2. The molecule has 3 aromatic carbocycles. The third kappa shape index (κ3) is 3.99. The number of rotatable bonds is 5. The van der Waals surface area contributed by atoms with Crippen LogP contribution in [0.5, 0.6) is 0 Å². The maximum absolute atomic E-state index is 12.4. The fourth-order valence-electron chi connectivity index (χ4n) is 2.83. The van der Waals surface area contributed by atoms with E-state index in [1.54, 1.807) is 11.3 Å². The van der Waals surface area contributed by atoms with Gasteiger partial charge in [-0.1, -0.05) is 42.5 Å². The summed E-state index contributed by atoms with van der Waals surface area (Å²) in [5, 5.41) is 7.16. The van der Waals surface area contributed by atoms with Crippen LogP contribution in [0.4, 0.5) is 11.4 Å². The number of carbonyl (C=O) groups excluding carboxylic acids is 1. The van der Waals surface area contributed by atoms with E-state index in [1.807, 2.05) is 79.7 Å². The zero-order valence-electron chi connectivity index (χ0n) is 14.8. The van der Waals surface area contributed by atoms with Crippen LogP contribution in [0.25, 0.3) is 20.8 Å². The van der Waals surface area contributed by atoms with Crippen molar-refractivity contribution >= 4 is 38.8 Å². The Bertz CT molecular complexity index is 1040. The Morgan fingerprint density at radius 3 is 2.48 bits per heavy atom. The fourth-order valence-corrected chi connectivity index (χ4v) is 3.79. The summed E-state index contributed by atoms with van der Waals surface area (Å²) in [6.45, 7) is 1.85. The van der Waals surface area contributed by atoms with Gasteiger partial charge in [-0.15, -0.1) is 11.3 Å². The Kier molecular flexibility index (Phi) is 4.85. The minimum Gasteiger partial charge on any atom is -0.374 e. The molecule has 0 aliphatic carbocycles. The maximum Gasteiger partial charge on any atom is 0.246 e. The van der Waals surface area contributed by atoms with Gasteiger partial charge in [-0.25, -0.2) is 4.98 Å². The lowest BCUT2D eigenvalue weighted by Gasteiger charge is -2.15. The minimum absolute atomic E-state index is 0.0772. The van der Waals surface area contributed by atoms with Crippen molar-refractivity contribution in [3.05, 3.63) is 78.9 Å². The molecular formula is C22H19N3OS. The fraction of sp³-hybridized carbons (Fsp3) is 0.0909. The predicted molar refractivity (Wildman–Crippen MR) is 113 cm³/mol. The van der Waals surface area contributed by atoms with Crippen LogP contribution in [0.3, 0.4) is 0 Å². The third-order valence-electron chi connectivity index (χ3n) is 4.22. The molecule has 4 aromatic rings. The van der Waals surface area contributed by atoms with Gasteiger partial charge in [0.15, 0.2) is 0 Å². The lowest BCUT2D eigenvalue weighted by atomic mass is 10.2. The molecule has 5 heteroatoms. The number of nitrogens with one attached hydrogen (secondary N) is 2. The topological polar surface area (TPSA) is 54.0 Å². The first kappa shape index (κ1) is 17.2. The molecule has 134 valence electrons. The molecule has 0 saturated heterocycles. The maximum atomic E-state index is 12.4.